The third kappa shape index (κ3) is 5.03. The van der Waals surface area contributed by atoms with Crippen LogP contribution in [0.2, 0.25) is 0 Å². The summed E-state index contributed by atoms with van der Waals surface area (Å²) < 4.78 is 0. The van der Waals surface area contributed by atoms with E-state index in [4.69, 9.17) is 12.2 Å². The van der Waals surface area contributed by atoms with Gasteiger partial charge in [-0.1, -0.05) is 26.8 Å². The largest absolute Gasteiger partial charge is 0.332 e. The lowest BCUT2D eigenvalue weighted by Crippen LogP contribution is -2.41. The first-order valence-electron chi connectivity index (χ1n) is 7.71. The van der Waals surface area contributed by atoms with Gasteiger partial charge in [-0.25, -0.2) is 0 Å². The van der Waals surface area contributed by atoms with E-state index in [9.17, 15) is 9.59 Å². The van der Waals surface area contributed by atoms with Crippen LogP contribution in [0.5, 0.6) is 0 Å². The molecular weight excluding hydrogens is 310 g/mol. The Balaban J connectivity index is 2.01. The molecule has 2 rings (SSSR count). The fraction of sp³-hybridized carbons (Fsp3) is 0.471. The van der Waals surface area contributed by atoms with E-state index in [2.05, 4.69) is 16.0 Å². The molecule has 0 atom stereocenters. The van der Waals surface area contributed by atoms with E-state index in [-0.39, 0.29) is 22.8 Å². The Morgan fingerprint density at radius 1 is 1.17 bits per heavy atom. The molecule has 6 heteroatoms. The highest BCUT2D eigenvalue weighted by atomic mass is 32.1. The molecule has 0 radical (unpaired) electrons. The van der Waals surface area contributed by atoms with E-state index < -0.39 is 5.41 Å². The second-order valence-electron chi connectivity index (χ2n) is 6.95. The van der Waals surface area contributed by atoms with Gasteiger partial charge >= 0.3 is 0 Å². The summed E-state index contributed by atoms with van der Waals surface area (Å²) in [6.45, 7) is 7.40. The zero-order valence-electron chi connectivity index (χ0n) is 13.9. The lowest BCUT2D eigenvalue weighted by molar-refractivity contribution is -0.126. The predicted octanol–water partition coefficient (Wildman–Crippen LogP) is 3.20. The molecule has 0 saturated heterocycles. The summed E-state index contributed by atoms with van der Waals surface area (Å²) in [6, 6.07) is 5.59. The topological polar surface area (TPSA) is 70.2 Å². The molecule has 1 saturated carbocycles. The molecule has 3 N–H and O–H groups in total. The minimum Gasteiger partial charge on any atom is -0.332 e. The second-order valence-corrected chi connectivity index (χ2v) is 7.36. The number of benzene rings is 1. The number of aryl methyl sites for hydroxylation is 1. The molecule has 2 amide bonds. The van der Waals surface area contributed by atoms with Crippen LogP contribution < -0.4 is 16.0 Å². The number of carbonyl (C=O) groups excluding carboxylic acids is 2. The van der Waals surface area contributed by atoms with Gasteiger partial charge in [0.2, 0.25) is 11.8 Å². The molecule has 1 fully saturated rings. The summed E-state index contributed by atoms with van der Waals surface area (Å²) in [5, 5.41) is 8.83. The van der Waals surface area contributed by atoms with Crippen LogP contribution in [-0.2, 0) is 9.59 Å². The second kappa shape index (κ2) is 6.66. The highest BCUT2D eigenvalue weighted by Crippen LogP contribution is 2.31. The van der Waals surface area contributed by atoms with Gasteiger partial charge in [0.1, 0.15) is 0 Å². The minimum atomic E-state index is -0.511. The number of amides is 2. The van der Waals surface area contributed by atoms with Gasteiger partial charge in [-0.2, -0.15) is 0 Å². The molecule has 1 aliphatic carbocycles. The van der Waals surface area contributed by atoms with Crippen molar-refractivity contribution in [3.05, 3.63) is 23.8 Å². The maximum Gasteiger partial charge on any atom is 0.231 e. The summed E-state index contributed by atoms with van der Waals surface area (Å²) in [5.74, 6) is 0.0661. The van der Waals surface area contributed by atoms with Gasteiger partial charge in [0.05, 0.1) is 0 Å². The average molecular weight is 333 g/mol. The maximum atomic E-state index is 11.9. The molecule has 1 aromatic rings. The SMILES string of the molecule is Cc1ccc(NC(=S)NC(=O)C(C)(C)C)cc1NC(=O)C1CC1. The predicted molar refractivity (Wildman–Crippen MR) is 96.4 cm³/mol. The molecule has 23 heavy (non-hydrogen) atoms. The third-order valence-corrected chi connectivity index (χ3v) is 3.81. The Labute approximate surface area is 142 Å². The van der Waals surface area contributed by atoms with E-state index >= 15 is 0 Å². The maximum absolute atomic E-state index is 11.9. The normalized spacial score (nSPS) is 14.1. The lowest BCUT2D eigenvalue weighted by Gasteiger charge is -2.19. The Morgan fingerprint density at radius 2 is 1.83 bits per heavy atom. The average Bonchev–Trinajstić information content (AvgIpc) is 3.25. The molecule has 124 valence electrons. The molecule has 0 heterocycles. The Hall–Kier alpha value is -1.95. The summed E-state index contributed by atoms with van der Waals surface area (Å²) in [5.41, 5.74) is 1.95. The lowest BCUT2D eigenvalue weighted by atomic mass is 9.96. The number of anilines is 2. The van der Waals surface area contributed by atoms with Gasteiger partial charge in [-0.3, -0.25) is 9.59 Å². The summed E-state index contributed by atoms with van der Waals surface area (Å²) in [6.07, 6.45) is 1.93. The standard InChI is InChI=1S/C17H23N3O2S/c1-10-5-8-12(9-13(10)19-14(21)11-6-7-11)18-16(23)20-15(22)17(2,3)4/h5,8-9,11H,6-7H2,1-4H3,(H,19,21)(H2,18,20,22,23). The molecule has 0 aromatic heterocycles. The van der Waals surface area contributed by atoms with Crippen molar-refractivity contribution in [2.24, 2.45) is 11.3 Å². The number of thiocarbonyl (C=S) groups is 1. The van der Waals surface area contributed by atoms with Gasteiger partial charge in [-0.05, 0) is 49.7 Å². The van der Waals surface area contributed by atoms with E-state index in [0.29, 0.717) is 0 Å². The van der Waals surface area contributed by atoms with Crippen molar-refractivity contribution < 1.29 is 9.59 Å². The highest BCUT2D eigenvalue weighted by molar-refractivity contribution is 7.80. The van der Waals surface area contributed by atoms with Crippen LogP contribution >= 0.6 is 12.2 Å². The van der Waals surface area contributed by atoms with Crippen molar-refractivity contribution in [2.45, 2.75) is 40.5 Å². The fourth-order valence-electron chi connectivity index (χ4n) is 1.87. The van der Waals surface area contributed by atoms with Gasteiger partial charge in [-0.15, -0.1) is 0 Å². The summed E-state index contributed by atoms with van der Waals surface area (Å²) >= 11 is 5.17. The quantitative estimate of drug-likeness (QED) is 0.743. The minimum absolute atomic E-state index is 0.0638. The van der Waals surface area contributed by atoms with Gasteiger partial charge in [0, 0.05) is 22.7 Å². The summed E-state index contributed by atoms with van der Waals surface area (Å²) in [4.78, 5) is 23.8. The monoisotopic (exact) mass is 333 g/mol. The van der Waals surface area contributed by atoms with E-state index in [1.54, 1.807) is 0 Å². The smallest absolute Gasteiger partial charge is 0.231 e. The van der Waals surface area contributed by atoms with Crippen LogP contribution in [0.25, 0.3) is 0 Å². The first-order valence-corrected chi connectivity index (χ1v) is 8.11. The molecule has 5 nitrogen and oxygen atoms in total. The molecule has 0 aliphatic heterocycles. The third-order valence-electron chi connectivity index (χ3n) is 3.61. The van der Waals surface area contributed by atoms with Crippen molar-refractivity contribution >= 4 is 40.5 Å². The van der Waals surface area contributed by atoms with Gasteiger partial charge in [0.25, 0.3) is 0 Å². The first-order chi connectivity index (χ1) is 10.7. The zero-order valence-corrected chi connectivity index (χ0v) is 14.8. The first kappa shape index (κ1) is 17.4. The number of carbonyl (C=O) groups is 2. The summed E-state index contributed by atoms with van der Waals surface area (Å²) in [7, 11) is 0. The zero-order chi connectivity index (χ0) is 17.2. The number of hydrogen-bond donors (Lipinski definition) is 3. The van der Waals surface area contributed by atoms with Crippen molar-refractivity contribution in [1.29, 1.82) is 0 Å². The molecular formula is C17H23N3O2S. The van der Waals surface area contributed by atoms with Gasteiger partial charge in [0.15, 0.2) is 5.11 Å². The van der Waals surface area contributed by atoms with Crippen molar-refractivity contribution in [2.75, 3.05) is 10.6 Å². The van der Waals surface area contributed by atoms with Crippen LogP contribution in [0.4, 0.5) is 11.4 Å². The molecule has 0 spiro atoms. The Morgan fingerprint density at radius 3 is 2.39 bits per heavy atom. The van der Waals surface area contributed by atoms with Gasteiger partial charge < -0.3 is 16.0 Å². The van der Waals surface area contributed by atoms with Crippen LogP contribution in [0.3, 0.4) is 0 Å². The van der Waals surface area contributed by atoms with Crippen LogP contribution in [-0.4, -0.2) is 16.9 Å². The van der Waals surface area contributed by atoms with E-state index in [1.807, 2.05) is 45.9 Å². The molecule has 0 bridgehead atoms. The van der Waals surface area contributed by atoms with Crippen LogP contribution in [0.15, 0.2) is 18.2 Å². The molecule has 1 aromatic carbocycles. The number of nitrogens with one attached hydrogen (secondary N) is 3. The van der Waals surface area contributed by atoms with Crippen LogP contribution in [0, 0.1) is 18.3 Å². The van der Waals surface area contributed by atoms with Crippen molar-refractivity contribution in [1.82, 2.24) is 5.32 Å². The van der Waals surface area contributed by atoms with E-state index in [0.717, 1.165) is 29.8 Å². The van der Waals surface area contributed by atoms with E-state index in [1.165, 1.54) is 0 Å². The van der Waals surface area contributed by atoms with Crippen LogP contribution in [0.1, 0.15) is 39.2 Å². The van der Waals surface area contributed by atoms with Crippen molar-refractivity contribution in [3.8, 4) is 0 Å². The van der Waals surface area contributed by atoms with Crippen molar-refractivity contribution in [3.63, 3.8) is 0 Å². The number of hydrogen-bond acceptors (Lipinski definition) is 3. The number of rotatable bonds is 3. The molecule has 0 unspecified atom stereocenters. The fourth-order valence-corrected chi connectivity index (χ4v) is 2.08. The molecule has 1 aliphatic rings. The Kier molecular flexibility index (Phi) is 5.04. The highest BCUT2D eigenvalue weighted by Gasteiger charge is 2.29. The Bertz CT molecular complexity index is 646.